The summed E-state index contributed by atoms with van der Waals surface area (Å²) < 4.78 is 5.61. The van der Waals surface area contributed by atoms with Crippen molar-refractivity contribution in [2.75, 3.05) is 39.4 Å². The monoisotopic (exact) mass is 212 g/mol. The molecule has 0 aromatic heterocycles. The van der Waals surface area contributed by atoms with Gasteiger partial charge in [-0.25, -0.2) is 0 Å². The van der Waals surface area contributed by atoms with Crippen molar-refractivity contribution in [3.63, 3.8) is 0 Å². The topological polar surface area (TPSA) is 38.5 Å². The van der Waals surface area contributed by atoms with E-state index in [0.717, 1.165) is 32.2 Å². The first-order valence-corrected chi connectivity index (χ1v) is 6.24. The Balaban J connectivity index is 1.89. The zero-order valence-corrected chi connectivity index (χ0v) is 9.87. The van der Waals surface area contributed by atoms with Gasteiger partial charge >= 0.3 is 0 Å². The molecular weight excluding hydrogens is 188 g/mol. The molecule has 2 rings (SSSR count). The van der Waals surface area contributed by atoms with Crippen LogP contribution in [0.25, 0.3) is 0 Å². The molecule has 2 aliphatic heterocycles. The maximum atomic E-state index is 5.94. The molecular formula is C12H24N2O. The molecule has 0 saturated carbocycles. The standard InChI is InChI=1S/C12H24N2O/c1-11-3-5-14(7-11)9-12(8-13)4-2-6-15-10-12/h11H,2-10,13H2,1H3. The van der Waals surface area contributed by atoms with Gasteiger partial charge in [-0.2, -0.15) is 0 Å². The first kappa shape index (κ1) is 11.4. The Kier molecular flexibility index (Phi) is 3.65. The summed E-state index contributed by atoms with van der Waals surface area (Å²) >= 11 is 0. The summed E-state index contributed by atoms with van der Waals surface area (Å²) in [7, 11) is 0. The normalized spacial score (nSPS) is 38.4. The highest BCUT2D eigenvalue weighted by molar-refractivity contribution is 4.88. The lowest BCUT2D eigenvalue weighted by Crippen LogP contribution is -2.47. The molecule has 88 valence electrons. The molecule has 2 unspecified atom stereocenters. The molecule has 0 bridgehead atoms. The van der Waals surface area contributed by atoms with E-state index >= 15 is 0 Å². The number of likely N-dealkylation sites (tertiary alicyclic amines) is 1. The van der Waals surface area contributed by atoms with E-state index in [-0.39, 0.29) is 5.41 Å². The molecule has 0 radical (unpaired) electrons. The Morgan fingerprint density at radius 1 is 1.53 bits per heavy atom. The first-order valence-electron chi connectivity index (χ1n) is 6.24. The summed E-state index contributed by atoms with van der Waals surface area (Å²) in [6.45, 7) is 8.56. The van der Waals surface area contributed by atoms with Gasteiger partial charge in [0.15, 0.2) is 0 Å². The van der Waals surface area contributed by atoms with Crippen LogP contribution in [0.1, 0.15) is 26.2 Å². The molecule has 2 aliphatic rings. The third-order valence-corrected chi connectivity index (χ3v) is 3.90. The number of nitrogens with two attached hydrogens (primary N) is 1. The lowest BCUT2D eigenvalue weighted by atomic mass is 9.82. The number of hydrogen-bond acceptors (Lipinski definition) is 3. The molecule has 0 aromatic rings. The molecule has 3 nitrogen and oxygen atoms in total. The molecule has 2 heterocycles. The zero-order valence-electron chi connectivity index (χ0n) is 9.87. The highest BCUT2D eigenvalue weighted by atomic mass is 16.5. The fraction of sp³-hybridized carbons (Fsp3) is 1.00. The summed E-state index contributed by atoms with van der Waals surface area (Å²) in [5.74, 6) is 0.865. The molecule has 0 amide bonds. The minimum Gasteiger partial charge on any atom is -0.381 e. The van der Waals surface area contributed by atoms with Crippen LogP contribution in [-0.2, 0) is 4.74 Å². The molecule has 0 aromatic carbocycles. The second kappa shape index (κ2) is 4.81. The van der Waals surface area contributed by atoms with Gasteiger partial charge in [-0.15, -0.1) is 0 Å². The van der Waals surface area contributed by atoms with Crippen molar-refractivity contribution in [3.8, 4) is 0 Å². The van der Waals surface area contributed by atoms with Gasteiger partial charge < -0.3 is 15.4 Å². The van der Waals surface area contributed by atoms with Crippen molar-refractivity contribution in [2.45, 2.75) is 26.2 Å². The van der Waals surface area contributed by atoms with Crippen LogP contribution in [0.4, 0.5) is 0 Å². The lowest BCUT2D eigenvalue weighted by molar-refractivity contribution is -0.0189. The lowest BCUT2D eigenvalue weighted by Gasteiger charge is -2.39. The molecule has 15 heavy (non-hydrogen) atoms. The van der Waals surface area contributed by atoms with Crippen molar-refractivity contribution >= 4 is 0 Å². The van der Waals surface area contributed by atoms with Gasteiger partial charge in [0.05, 0.1) is 6.61 Å². The molecule has 0 aliphatic carbocycles. The Morgan fingerprint density at radius 3 is 2.93 bits per heavy atom. The van der Waals surface area contributed by atoms with Gasteiger partial charge in [0.2, 0.25) is 0 Å². The van der Waals surface area contributed by atoms with Crippen molar-refractivity contribution < 1.29 is 4.74 Å². The van der Waals surface area contributed by atoms with Crippen LogP contribution >= 0.6 is 0 Å². The molecule has 2 atom stereocenters. The third kappa shape index (κ3) is 2.71. The average Bonchev–Trinajstić information content (AvgIpc) is 2.65. The van der Waals surface area contributed by atoms with Gasteiger partial charge in [-0.1, -0.05) is 6.92 Å². The van der Waals surface area contributed by atoms with Crippen molar-refractivity contribution in [1.29, 1.82) is 0 Å². The Labute approximate surface area is 93.0 Å². The second-order valence-corrected chi connectivity index (χ2v) is 5.49. The molecule has 2 N–H and O–H groups in total. The van der Waals surface area contributed by atoms with E-state index in [1.807, 2.05) is 0 Å². The molecule has 3 heteroatoms. The van der Waals surface area contributed by atoms with E-state index in [9.17, 15) is 0 Å². The zero-order chi connectivity index (χ0) is 10.7. The maximum Gasteiger partial charge on any atom is 0.0546 e. The van der Waals surface area contributed by atoms with Crippen LogP contribution in [0.2, 0.25) is 0 Å². The van der Waals surface area contributed by atoms with Crippen molar-refractivity contribution in [2.24, 2.45) is 17.1 Å². The second-order valence-electron chi connectivity index (χ2n) is 5.49. The summed E-state index contributed by atoms with van der Waals surface area (Å²) in [5, 5.41) is 0. The van der Waals surface area contributed by atoms with Crippen LogP contribution in [-0.4, -0.2) is 44.3 Å². The van der Waals surface area contributed by atoms with Gasteiger partial charge in [0.1, 0.15) is 0 Å². The molecule has 2 fully saturated rings. The van der Waals surface area contributed by atoms with Crippen LogP contribution in [0.5, 0.6) is 0 Å². The van der Waals surface area contributed by atoms with E-state index in [1.54, 1.807) is 0 Å². The molecule has 0 spiro atoms. The van der Waals surface area contributed by atoms with Gasteiger partial charge in [0.25, 0.3) is 0 Å². The summed E-state index contributed by atoms with van der Waals surface area (Å²) in [5.41, 5.74) is 6.20. The van der Waals surface area contributed by atoms with Gasteiger partial charge in [-0.3, -0.25) is 0 Å². The van der Waals surface area contributed by atoms with Crippen LogP contribution in [0, 0.1) is 11.3 Å². The van der Waals surface area contributed by atoms with E-state index in [2.05, 4.69) is 11.8 Å². The van der Waals surface area contributed by atoms with Crippen molar-refractivity contribution in [3.05, 3.63) is 0 Å². The summed E-state index contributed by atoms with van der Waals surface area (Å²) in [4.78, 5) is 2.58. The first-order chi connectivity index (χ1) is 7.24. The third-order valence-electron chi connectivity index (χ3n) is 3.90. The Morgan fingerprint density at radius 2 is 2.40 bits per heavy atom. The minimum absolute atomic E-state index is 0.252. The fourth-order valence-electron chi connectivity index (χ4n) is 2.90. The van der Waals surface area contributed by atoms with Crippen molar-refractivity contribution in [1.82, 2.24) is 4.90 Å². The number of nitrogens with zero attached hydrogens (tertiary/aromatic N) is 1. The van der Waals surface area contributed by atoms with Gasteiger partial charge in [0, 0.05) is 31.7 Å². The largest absolute Gasteiger partial charge is 0.381 e. The van der Waals surface area contributed by atoms with Crippen LogP contribution in [0.3, 0.4) is 0 Å². The highest BCUT2D eigenvalue weighted by Gasteiger charge is 2.35. The number of ether oxygens (including phenoxy) is 1. The van der Waals surface area contributed by atoms with Crippen LogP contribution < -0.4 is 5.73 Å². The maximum absolute atomic E-state index is 5.94. The summed E-state index contributed by atoms with van der Waals surface area (Å²) in [6.07, 6.45) is 3.77. The number of hydrogen-bond donors (Lipinski definition) is 1. The van der Waals surface area contributed by atoms with E-state index < -0.39 is 0 Å². The molecule has 2 saturated heterocycles. The number of rotatable bonds is 3. The highest BCUT2D eigenvalue weighted by Crippen LogP contribution is 2.30. The van der Waals surface area contributed by atoms with E-state index in [4.69, 9.17) is 10.5 Å². The Hall–Kier alpha value is -0.120. The predicted octanol–water partition coefficient (Wildman–Crippen LogP) is 1.08. The van der Waals surface area contributed by atoms with E-state index in [0.29, 0.717) is 0 Å². The summed E-state index contributed by atoms with van der Waals surface area (Å²) in [6, 6.07) is 0. The quantitative estimate of drug-likeness (QED) is 0.761. The Bertz CT molecular complexity index is 202. The predicted molar refractivity (Wildman–Crippen MR) is 61.8 cm³/mol. The fourth-order valence-corrected chi connectivity index (χ4v) is 2.90. The minimum atomic E-state index is 0.252. The van der Waals surface area contributed by atoms with Gasteiger partial charge in [-0.05, 0) is 31.7 Å². The average molecular weight is 212 g/mol. The van der Waals surface area contributed by atoms with Crippen LogP contribution in [0.15, 0.2) is 0 Å². The smallest absolute Gasteiger partial charge is 0.0546 e. The van der Waals surface area contributed by atoms with E-state index in [1.165, 1.54) is 32.4 Å². The SMILES string of the molecule is CC1CCN(CC2(CN)CCCOC2)C1.